The number of carboxylic acid groups (broad SMARTS) is 1. The van der Waals surface area contributed by atoms with Gasteiger partial charge in [0.1, 0.15) is 18.8 Å². The molecular formula is C26H26N4O5. The van der Waals surface area contributed by atoms with Crippen LogP contribution < -0.4 is 5.32 Å². The average molecular weight is 475 g/mol. The molecule has 2 aromatic carbocycles. The second-order valence-corrected chi connectivity index (χ2v) is 8.19. The number of ether oxygens (including phenoxy) is 1. The lowest BCUT2D eigenvalue weighted by Gasteiger charge is -2.18. The van der Waals surface area contributed by atoms with Crippen molar-refractivity contribution in [2.45, 2.75) is 12.5 Å². The minimum atomic E-state index is -1.13. The van der Waals surface area contributed by atoms with Crippen molar-refractivity contribution >= 4 is 18.0 Å². The smallest absolute Gasteiger partial charge is 0.407 e. The molecule has 0 bridgehead atoms. The number of benzene rings is 2. The average Bonchev–Trinajstić information content (AvgIpc) is 3.38. The molecular weight excluding hydrogens is 448 g/mol. The molecule has 3 aromatic rings. The maximum Gasteiger partial charge on any atom is 0.407 e. The van der Waals surface area contributed by atoms with Crippen LogP contribution in [0.4, 0.5) is 4.79 Å². The number of carbonyl (C=O) groups is 3. The zero-order valence-corrected chi connectivity index (χ0v) is 19.3. The molecule has 1 aliphatic carbocycles. The van der Waals surface area contributed by atoms with Gasteiger partial charge in [0.25, 0.3) is 5.91 Å². The number of carbonyl (C=O) groups excluding carboxylic acids is 2. The Bertz CT molecular complexity index is 1240. The molecule has 0 saturated heterocycles. The Morgan fingerprint density at radius 1 is 1.14 bits per heavy atom. The van der Waals surface area contributed by atoms with Crippen LogP contribution in [-0.4, -0.2) is 57.5 Å². The van der Waals surface area contributed by atoms with Gasteiger partial charge in [0.2, 0.25) is 0 Å². The summed E-state index contributed by atoms with van der Waals surface area (Å²) < 4.78 is 6.88. The minimum Gasteiger partial charge on any atom is -0.480 e. The second-order valence-electron chi connectivity index (χ2n) is 8.19. The Kier molecular flexibility index (Phi) is 6.96. The largest absolute Gasteiger partial charge is 0.480 e. The number of alkyl carbamates (subject to hydrolysis) is 1. The first-order valence-corrected chi connectivity index (χ1v) is 11.1. The molecule has 9 nitrogen and oxygen atoms in total. The van der Waals surface area contributed by atoms with Crippen molar-refractivity contribution in [2.24, 2.45) is 7.05 Å². The van der Waals surface area contributed by atoms with Crippen molar-refractivity contribution in [1.29, 1.82) is 0 Å². The molecule has 0 unspecified atom stereocenters. The lowest BCUT2D eigenvalue weighted by atomic mass is 9.98. The van der Waals surface area contributed by atoms with Crippen LogP contribution in [0.25, 0.3) is 11.1 Å². The van der Waals surface area contributed by atoms with Gasteiger partial charge in [-0.3, -0.25) is 14.3 Å². The molecule has 0 spiro atoms. The number of hydrogen-bond donors (Lipinski definition) is 2. The Balaban J connectivity index is 1.36. The predicted octanol–water partition coefficient (Wildman–Crippen LogP) is 3.17. The van der Waals surface area contributed by atoms with E-state index in [1.807, 2.05) is 36.4 Å². The number of aliphatic carboxylic acids is 1. The van der Waals surface area contributed by atoms with E-state index in [1.54, 1.807) is 7.05 Å². The van der Waals surface area contributed by atoms with Gasteiger partial charge in [0.15, 0.2) is 0 Å². The minimum absolute atomic E-state index is 0.0442. The summed E-state index contributed by atoms with van der Waals surface area (Å²) in [7, 11) is 1.58. The number of rotatable bonds is 9. The summed E-state index contributed by atoms with van der Waals surface area (Å²) in [6.07, 6.45) is 0.862. The molecule has 2 N–H and O–H groups in total. The zero-order chi connectivity index (χ0) is 24.9. The van der Waals surface area contributed by atoms with Crippen LogP contribution in [-0.2, 0) is 23.1 Å². The maximum absolute atomic E-state index is 12.7. The Labute approximate surface area is 202 Å². The first kappa shape index (κ1) is 23.7. The van der Waals surface area contributed by atoms with Crippen LogP contribution in [0.1, 0.15) is 33.2 Å². The van der Waals surface area contributed by atoms with Crippen LogP contribution in [0.5, 0.6) is 0 Å². The van der Waals surface area contributed by atoms with E-state index in [0.717, 1.165) is 27.2 Å². The number of carboxylic acids is 1. The monoisotopic (exact) mass is 474 g/mol. The van der Waals surface area contributed by atoms with Gasteiger partial charge in [0.05, 0.1) is 12.2 Å². The molecule has 0 saturated carbocycles. The fourth-order valence-corrected chi connectivity index (χ4v) is 4.33. The van der Waals surface area contributed by atoms with Gasteiger partial charge in [-0.2, -0.15) is 5.10 Å². The van der Waals surface area contributed by atoms with E-state index < -0.39 is 24.5 Å². The van der Waals surface area contributed by atoms with E-state index in [2.05, 4.69) is 29.1 Å². The molecule has 35 heavy (non-hydrogen) atoms. The normalized spacial score (nSPS) is 11.9. The van der Waals surface area contributed by atoms with Crippen molar-refractivity contribution in [3.8, 4) is 11.1 Å². The number of aryl methyl sites for hydroxylation is 1. The van der Waals surface area contributed by atoms with Gasteiger partial charge < -0.3 is 20.1 Å². The van der Waals surface area contributed by atoms with Gasteiger partial charge in [-0.25, -0.2) is 4.79 Å². The van der Waals surface area contributed by atoms with Crippen molar-refractivity contribution in [1.82, 2.24) is 20.0 Å². The van der Waals surface area contributed by atoms with E-state index in [1.165, 1.54) is 16.8 Å². The summed E-state index contributed by atoms with van der Waals surface area (Å²) in [5.41, 5.74) is 5.20. The van der Waals surface area contributed by atoms with E-state index >= 15 is 0 Å². The summed E-state index contributed by atoms with van der Waals surface area (Å²) in [5, 5.41) is 16.0. The highest BCUT2D eigenvalue weighted by Gasteiger charge is 2.29. The third-order valence-corrected chi connectivity index (χ3v) is 5.87. The van der Waals surface area contributed by atoms with Gasteiger partial charge >= 0.3 is 12.1 Å². The van der Waals surface area contributed by atoms with Crippen LogP contribution in [0.15, 0.2) is 67.3 Å². The van der Waals surface area contributed by atoms with Gasteiger partial charge in [-0.15, -0.1) is 6.58 Å². The Morgan fingerprint density at radius 2 is 1.77 bits per heavy atom. The highest BCUT2D eigenvalue weighted by atomic mass is 16.5. The lowest BCUT2D eigenvalue weighted by molar-refractivity contribution is -0.137. The topological polar surface area (TPSA) is 114 Å². The molecule has 0 atom stereocenters. The molecule has 2 amide bonds. The highest BCUT2D eigenvalue weighted by Crippen LogP contribution is 2.44. The van der Waals surface area contributed by atoms with Crippen LogP contribution in [0.3, 0.4) is 0 Å². The third kappa shape index (κ3) is 5.08. The van der Waals surface area contributed by atoms with Gasteiger partial charge in [-0.1, -0.05) is 54.6 Å². The van der Waals surface area contributed by atoms with Crippen LogP contribution in [0.2, 0.25) is 0 Å². The molecule has 1 aromatic heterocycles. The Hall–Kier alpha value is -4.40. The summed E-state index contributed by atoms with van der Waals surface area (Å²) in [5.74, 6) is -1.66. The van der Waals surface area contributed by atoms with E-state index in [4.69, 9.17) is 9.84 Å². The fourth-order valence-electron chi connectivity index (χ4n) is 4.33. The van der Waals surface area contributed by atoms with Gasteiger partial charge in [0, 0.05) is 19.5 Å². The van der Waals surface area contributed by atoms with Crippen molar-refractivity contribution < 1.29 is 24.2 Å². The van der Waals surface area contributed by atoms with Crippen molar-refractivity contribution in [2.75, 3.05) is 19.7 Å². The van der Waals surface area contributed by atoms with Crippen LogP contribution in [0, 0.1) is 0 Å². The molecule has 9 heteroatoms. The van der Waals surface area contributed by atoms with Crippen LogP contribution >= 0.6 is 0 Å². The number of hydrogen-bond acceptors (Lipinski definition) is 5. The fraction of sp³-hybridized carbons (Fsp3) is 0.231. The summed E-state index contributed by atoms with van der Waals surface area (Å²) in [6, 6.07) is 17.7. The molecule has 0 fully saturated rings. The first-order chi connectivity index (χ1) is 16.9. The predicted molar refractivity (Wildman–Crippen MR) is 129 cm³/mol. The molecule has 1 heterocycles. The lowest BCUT2D eigenvalue weighted by Crippen LogP contribution is -2.36. The van der Waals surface area contributed by atoms with Gasteiger partial charge in [-0.05, 0) is 28.3 Å². The second kappa shape index (κ2) is 10.3. The molecule has 180 valence electrons. The number of nitrogens with zero attached hydrogens (tertiary/aromatic N) is 3. The molecule has 0 aliphatic heterocycles. The quantitative estimate of drug-likeness (QED) is 0.461. The Morgan fingerprint density at radius 3 is 2.37 bits per heavy atom. The third-order valence-electron chi connectivity index (χ3n) is 5.87. The number of aromatic nitrogens is 2. The summed E-state index contributed by atoms with van der Waals surface area (Å²) in [4.78, 5) is 37.4. The summed E-state index contributed by atoms with van der Waals surface area (Å²) >= 11 is 0. The number of amides is 2. The first-order valence-electron chi connectivity index (χ1n) is 11.1. The maximum atomic E-state index is 12.7. The highest BCUT2D eigenvalue weighted by molar-refractivity contribution is 5.94. The van der Waals surface area contributed by atoms with E-state index in [-0.39, 0.29) is 31.3 Å². The van der Waals surface area contributed by atoms with E-state index in [0.29, 0.717) is 5.69 Å². The van der Waals surface area contributed by atoms with Crippen molar-refractivity contribution in [3.05, 3.63) is 89.8 Å². The van der Waals surface area contributed by atoms with E-state index in [9.17, 15) is 14.4 Å². The van der Waals surface area contributed by atoms with Crippen molar-refractivity contribution in [3.63, 3.8) is 0 Å². The SMILES string of the molecule is C=CCN(CC(=O)O)C(=O)c1cc(CNC(=O)OCC2c3ccccc3-c3ccccc32)nn1C. The summed E-state index contributed by atoms with van der Waals surface area (Å²) in [6.45, 7) is 3.44. The molecule has 0 radical (unpaired) electrons. The molecule has 1 aliphatic rings. The number of fused-ring (bicyclic) bond motifs is 3. The molecule has 4 rings (SSSR count). The number of nitrogens with one attached hydrogen (secondary N) is 1. The standard InChI is InChI=1S/C26H26N4O5/c1-3-12-30(15-24(31)32)25(33)23-13-17(28-29(23)2)14-27-26(34)35-16-22-20-10-6-4-8-18(20)19-9-5-7-11-21(19)22/h3-11,13,22H,1,12,14-16H2,2H3,(H,27,34)(H,31,32). The zero-order valence-electron chi connectivity index (χ0n) is 19.3.